The Labute approximate surface area is 189 Å². The standard InChI is InChI=1S/C24H30N2O5S/c1-31-17-5-14-25-23(27)20-12-15-26(16-13-20)24(28)21-10-8-19(9-11-21)18-32(29,30)22-6-3-2-4-7-22/h2-4,6-11,20H,5,12-18H2,1H3,(H,25,27). The zero-order chi connectivity index (χ0) is 23.0. The van der Waals surface area contributed by atoms with Gasteiger partial charge in [0.05, 0.1) is 10.6 Å². The van der Waals surface area contributed by atoms with Crippen LogP contribution in [0.4, 0.5) is 0 Å². The van der Waals surface area contributed by atoms with Crippen LogP contribution in [0, 0.1) is 5.92 Å². The maximum absolute atomic E-state index is 12.8. The van der Waals surface area contributed by atoms with Crippen LogP contribution in [0.5, 0.6) is 0 Å². The fourth-order valence-corrected chi connectivity index (χ4v) is 5.14. The predicted octanol–water partition coefficient (Wildman–Crippen LogP) is 2.67. The second-order valence-corrected chi connectivity index (χ2v) is 9.96. The Bertz CT molecular complexity index is 998. The highest BCUT2D eigenvalue weighted by Gasteiger charge is 2.27. The van der Waals surface area contributed by atoms with Gasteiger partial charge in [0.25, 0.3) is 5.91 Å². The van der Waals surface area contributed by atoms with Crippen molar-refractivity contribution in [3.63, 3.8) is 0 Å². The maximum Gasteiger partial charge on any atom is 0.253 e. The Kier molecular flexibility index (Phi) is 8.41. The normalized spacial score (nSPS) is 14.8. The molecule has 1 fully saturated rings. The number of ether oxygens (including phenoxy) is 1. The second-order valence-electron chi connectivity index (χ2n) is 7.97. The van der Waals surface area contributed by atoms with Gasteiger partial charge < -0.3 is 15.0 Å². The number of benzene rings is 2. The monoisotopic (exact) mass is 458 g/mol. The summed E-state index contributed by atoms with van der Waals surface area (Å²) in [6, 6.07) is 15.1. The number of carbonyl (C=O) groups is 2. The van der Waals surface area contributed by atoms with Crippen molar-refractivity contribution in [1.82, 2.24) is 10.2 Å². The van der Waals surface area contributed by atoms with Gasteiger partial charge in [0.1, 0.15) is 0 Å². The van der Waals surface area contributed by atoms with Gasteiger partial charge in [0, 0.05) is 44.8 Å². The van der Waals surface area contributed by atoms with E-state index in [0.29, 0.717) is 50.2 Å². The lowest BCUT2D eigenvalue weighted by molar-refractivity contribution is -0.126. The highest BCUT2D eigenvalue weighted by molar-refractivity contribution is 7.90. The first-order chi connectivity index (χ1) is 15.4. The first-order valence-electron chi connectivity index (χ1n) is 10.8. The van der Waals surface area contributed by atoms with Gasteiger partial charge in [0.2, 0.25) is 5.91 Å². The Morgan fingerprint density at radius 1 is 1.03 bits per heavy atom. The summed E-state index contributed by atoms with van der Waals surface area (Å²) in [5.41, 5.74) is 1.16. The van der Waals surface area contributed by atoms with E-state index < -0.39 is 9.84 Å². The molecule has 1 N–H and O–H groups in total. The molecule has 0 aliphatic carbocycles. The van der Waals surface area contributed by atoms with E-state index in [2.05, 4.69) is 5.32 Å². The Morgan fingerprint density at radius 2 is 1.69 bits per heavy atom. The molecule has 0 saturated carbocycles. The molecule has 2 amide bonds. The third-order valence-electron chi connectivity index (χ3n) is 5.64. The van der Waals surface area contributed by atoms with Crippen LogP contribution in [-0.4, -0.2) is 58.5 Å². The zero-order valence-corrected chi connectivity index (χ0v) is 19.1. The van der Waals surface area contributed by atoms with E-state index in [1.54, 1.807) is 66.6 Å². The number of sulfone groups is 1. The fraction of sp³-hybridized carbons (Fsp3) is 0.417. The number of nitrogens with one attached hydrogen (secondary N) is 1. The topological polar surface area (TPSA) is 92.8 Å². The van der Waals surface area contributed by atoms with Crippen LogP contribution in [-0.2, 0) is 25.1 Å². The molecule has 0 spiro atoms. The number of methoxy groups -OCH3 is 1. The van der Waals surface area contributed by atoms with E-state index in [-0.39, 0.29) is 28.4 Å². The molecule has 172 valence electrons. The van der Waals surface area contributed by atoms with Crippen LogP contribution < -0.4 is 5.32 Å². The molecule has 0 bridgehead atoms. The number of rotatable bonds is 9. The first kappa shape index (κ1) is 23.9. The molecule has 0 unspecified atom stereocenters. The molecule has 32 heavy (non-hydrogen) atoms. The molecule has 2 aromatic rings. The third kappa shape index (κ3) is 6.40. The van der Waals surface area contributed by atoms with Gasteiger partial charge in [-0.1, -0.05) is 30.3 Å². The average molecular weight is 459 g/mol. The van der Waals surface area contributed by atoms with Gasteiger partial charge >= 0.3 is 0 Å². The van der Waals surface area contributed by atoms with Crippen LogP contribution in [0.15, 0.2) is 59.5 Å². The summed E-state index contributed by atoms with van der Waals surface area (Å²) < 4.78 is 30.1. The van der Waals surface area contributed by atoms with Gasteiger partial charge in [-0.15, -0.1) is 0 Å². The number of amides is 2. The van der Waals surface area contributed by atoms with E-state index in [1.165, 1.54) is 0 Å². The molecule has 1 heterocycles. The van der Waals surface area contributed by atoms with Crippen LogP contribution in [0.25, 0.3) is 0 Å². The summed E-state index contributed by atoms with van der Waals surface area (Å²) in [5, 5.41) is 2.93. The van der Waals surface area contributed by atoms with Gasteiger partial charge in [0.15, 0.2) is 9.84 Å². The van der Waals surface area contributed by atoms with Crippen molar-refractivity contribution in [2.75, 3.05) is 33.4 Å². The number of piperidine rings is 1. The highest BCUT2D eigenvalue weighted by atomic mass is 32.2. The number of hydrogen-bond donors (Lipinski definition) is 1. The SMILES string of the molecule is COCCCNC(=O)C1CCN(C(=O)c2ccc(CS(=O)(=O)c3ccccc3)cc2)CC1. The van der Waals surface area contributed by atoms with Crippen molar-refractivity contribution in [1.29, 1.82) is 0 Å². The minimum Gasteiger partial charge on any atom is -0.385 e. The molecule has 7 nitrogen and oxygen atoms in total. The summed E-state index contributed by atoms with van der Waals surface area (Å²) in [4.78, 5) is 27.1. The average Bonchev–Trinajstić information content (AvgIpc) is 2.82. The molecular weight excluding hydrogens is 428 g/mol. The maximum atomic E-state index is 12.8. The molecule has 0 aromatic heterocycles. The summed E-state index contributed by atoms with van der Waals surface area (Å²) in [6.07, 6.45) is 2.05. The van der Waals surface area contributed by atoms with Crippen molar-refractivity contribution >= 4 is 21.7 Å². The van der Waals surface area contributed by atoms with E-state index >= 15 is 0 Å². The lowest BCUT2D eigenvalue weighted by Gasteiger charge is -2.31. The molecule has 0 atom stereocenters. The van der Waals surface area contributed by atoms with Crippen molar-refractivity contribution < 1.29 is 22.7 Å². The van der Waals surface area contributed by atoms with Gasteiger partial charge in [-0.3, -0.25) is 9.59 Å². The molecule has 2 aromatic carbocycles. The minimum absolute atomic E-state index is 0.0391. The molecule has 1 aliphatic rings. The number of carbonyl (C=O) groups excluding carboxylic acids is 2. The van der Waals surface area contributed by atoms with Crippen LogP contribution in [0.2, 0.25) is 0 Å². The van der Waals surface area contributed by atoms with E-state index in [0.717, 1.165) is 6.42 Å². The molecule has 0 radical (unpaired) electrons. The molecule has 3 rings (SSSR count). The van der Waals surface area contributed by atoms with Crippen LogP contribution in [0.1, 0.15) is 35.2 Å². The lowest BCUT2D eigenvalue weighted by atomic mass is 9.95. The van der Waals surface area contributed by atoms with E-state index in [1.807, 2.05) is 0 Å². The third-order valence-corrected chi connectivity index (χ3v) is 7.34. The van der Waals surface area contributed by atoms with Crippen molar-refractivity contribution in [3.8, 4) is 0 Å². The number of likely N-dealkylation sites (tertiary alicyclic amines) is 1. The van der Waals surface area contributed by atoms with Gasteiger partial charge in [-0.2, -0.15) is 0 Å². The molecule has 1 aliphatic heterocycles. The van der Waals surface area contributed by atoms with Crippen molar-refractivity contribution in [2.24, 2.45) is 5.92 Å². The number of nitrogens with zero attached hydrogens (tertiary/aromatic N) is 1. The van der Waals surface area contributed by atoms with Crippen LogP contribution >= 0.6 is 0 Å². The van der Waals surface area contributed by atoms with E-state index in [9.17, 15) is 18.0 Å². The van der Waals surface area contributed by atoms with Gasteiger partial charge in [-0.25, -0.2) is 8.42 Å². The predicted molar refractivity (Wildman–Crippen MR) is 122 cm³/mol. The van der Waals surface area contributed by atoms with E-state index in [4.69, 9.17) is 4.74 Å². The van der Waals surface area contributed by atoms with Crippen LogP contribution in [0.3, 0.4) is 0 Å². The van der Waals surface area contributed by atoms with Crippen molar-refractivity contribution in [2.45, 2.75) is 29.9 Å². The van der Waals surface area contributed by atoms with Crippen molar-refractivity contribution in [3.05, 3.63) is 65.7 Å². The quantitative estimate of drug-likeness (QED) is 0.583. The minimum atomic E-state index is -3.43. The highest BCUT2D eigenvalue weighted by Crippen LogP contribution is 2.21. The molecular formula is C24H30N2O5S. The second kappa shape index (κ2) is 11.2. The van der Waals surface area contributed by atoms with Gasteiger partial charge in [-0.05, 0) is 49.1 Å². The summed E-state index contributed by atoms with van der Waals surface area (Å²) >= 11 is 0. The molecule has 1 saturated heterocycles. The zero-order valence-electron chi connectivity index (χ0n) is 18.3. The number of hydrogen-bond acceptors (Lipinski definition) is 5. The Hall–Kier alpha value is -2.71. The smallest absolute Gasteiger partial charge is 0.253 e. The summed E-state index contributed by atoms with van der Waals surface area (Å²) in [7, 11) is -1.80. The largest absolute Gasteiger partial charge is 0.385 e. The Morgan fingerprint density at radius 3 is 2.31 bits per heavy atom. The molecule has 8 heteroatoms. The first-order valence-corrected chi connectivity index (χ1v) is 12.5. The summed E-state index contributed by atoms with van der Waals surface area (Å²) in [6.45, 7) is 2.26. The summed E-state index contributed by atoms with van der Waals surface area (Å²) in [5.74, 6) is -0.248. The lowest BCUT2D eigenvalue weighted by Crippen LogP contribution is -2.43. The fourth-order valence-electron chi connectivity index (χ4n) is 3.77. The Balaban J connectivity index is 1.51.